The van der Waals surface area contributed by atoms with E-state index in [2.05, 4.69) is 27.2 Å². The summed E-state index contributed by atoms with van der Waals surface area (Å²) in [6.45, 7) is 5.70. The minimum atomic E-state index is -0.0351. The maximum atomic E-state index is 12.0. The topological polar surface area (TPSA) is 127 Å². The van der Waals surface area contributed by atoms with Crippen molar-refractivity contribution in [3.8, 4) is 17.2 Å². The molecule has 3 saturated heterocycles. The van der Waals surface area contributed by atoms with Crippen molar-refractivity contribution in [2.75, 3.05) is 60.6 Å². The highest BCUT2D eigenvalue weighted by molar-refractivity contribution is 6.03. The highest BCUT2D eigenvalue weighted by Crippen LogP contribution is 2.26. The number of carbonyl (C=O) groups excluding carboxylic acids is 4. The summed E-state index contributed by atoms with van der Waals surface area (Å²) in [6, 6.07) is 23.9. The fourth-order valence-corrected chi connectivity index (χ4v) is 7.45. The lowest BCUT2D eigenvalue weighted by Gasteiger charge is -2.33. The molecule has 5 heterocycles. The van der Waals surface area contributed by atoms with Gasteiger partial charge >= 0.3 is 0 Å². The Kier molecular flexibility index (Phi) is 18.3. The van der Waals surface area contributed by atoms with Gasteiger partial charge in [-0.05, 0) is 65.4 Å². The molecule has 0 spiro atoms. The molecule has 0 radical (unpaired) electrons. The van der Waals surface area contributed by atoms with Crippen LogP contribution in [0, 0.1) is 11.8 Å². The highest BCUT2D eigenvalue weighted by Gasteiger charge is 2.38. The average molecular weight is 799 g/mol. The molecule has 0 bridgehead atoms. The predicted octanol–water partition coefficient (Wildman–Crippen LogP) is 5.74. The van der Waals surface area contributed by atoms with Gasteiger partial charge in [-0.3, -0.25) is 33.9 Å². The number of piperidine rings is 3. The Labute approximate surface area is 344 Å². The van der Waals surface area contributed by atoms with Gasteiger partial charge in [-0.1, -0.05) is 64.8 Å². The lowest BCUT2D eigenvalue weighted by molar-refractivity contribution is -0.133. The molecule has 3 aromatic carbocycles. The monoisotopic (exact) mass is 798 g/mol. The Balaban J connectivity index is 0.000000227. The molecular weight excluding hydrogens is 737 g/mol. The Hall–Kier alpha value is -5.30. The molecule has 5 aliphatic heterocycles. The van der Waals surface area contributed by atoms with E-state index in [-0.39, 0.29) is 70.0 Å². The van der Waals surface area contributed by atoms with E-state index >= 15 is 0 Å². The molecule has 5 aliphatic rings. The number of methoxy groups -OCH3 is 3. The molecule has 12 heteroatoms. The van der Waals surface area contributed by atoms with Gasteiger partial charge in [0.25, 0.3) is 0 Å². The third-order valence-corrected chi connectivity index (χ3v) is 10.3. The quantitative estimate of drug-likeness (QED) is 0.266. The third-order valence-electron chi connectivity index (χ3n) is 10.3. The van der Waals surface area contributed by atoms with Gasteiger partial charge in [0.1, 0.15) is 23.4 Å². The van der Waals surface area contributed by atoms with Gasteiger partial charge in [0.15, 0.2) is 23.1 Å². The summed E-state index contributed by atoms with van der Waals surface area (Å²) < 4.78 is 20.8. The van der Waals surface area contributed by atoms with Crippen LogP contribution >= 0.6 is 0 Å². The van der Waals surface area contributed by atoms with E-state index in [1.807, 2.05) is 83.9 Å². The molecule has 8 rings (SSSR count). The van der Waals surface area contributed by atoms with Gasteiger partial charge in [-0.2, -0.15) is 0 Å². The number of hydrogen-bond donors (Lipinski definition) is 1. The number of hydrogen-bond acceptors (Lipinski definition) is 12. The van der Waals surface area contributed by atoms with Crippen molar-refractivity contribution >= 4 is 23.1 Å². The molecule has 3 fully saturated rings. The van der Waals surface area contributed by atoms with Crippen LogP contribution in [-0.2, 0) is 43.5 Å². The van der Waals surface area contributed by atoms with Crippen LogP contribution in [0.4, 0.5) is 0 Å². The fraction of sp³-hybridized carbons (Fsp3) is 0.435. The minimum absolute atomic E-state index is 0. The van der Waals surface area contributed by atoms with E-state index in [1.165, 1.54) is 11.1 Å². The van der Waals surface area contributed by atoms with Crippen molar-refractivity contribution in [2.45, 2.75) is 60.5 Å². The van der Waals surface area contributed by atoms with Crippen LogP contribution in [0.3, 0.4) is 0 Å². The summed E-state index contributed by atoms with van der Waals surface area (Å²) in [7, 11) is 4.94. The highest BCUT2D eigenvalue weighted by atomic mass is 16.5. The molecule has 0 saturated carbocycles. The van der Waals surface area contributed by atoms with Crippen molar-refractivity contribution in [3.05, 3.63) is 114 Å². The molecule has 0 aromatic heterocycles. The molecule has 4 atom stereocenters. The van der Waals surface area contributed by atoms with E-state index in [9.17, 15) is 19.2 Å². The number of ketones is 4. The Morgan fingerprint density at radius 2 is 1.00 bits per heavy atom. The lowest BCUT2D eigenvalue weighted by Crippen LogP contribution is -2.51. The summed E-state index contributed by atoms with van der Waals surface area (Å²) in [5, 5.41) is 3.26. The summed E-state index contributed by atoms with van der Waals surface area (Å²) in [5.41, 5.74) is 3.46. The molecule has 0 aliphatic carbocycles. The van der Waals surface area contributed by atoms with Crippen LogP contribution in [-0.4, -0.2) is 111 Å². The largest absolute Gasteiger partial charge is 0.497 e. The number of nitrogens with zero attached hydrogens (tertiary/aromatic N) is 3. The summed E-state index contributed by atoms with van der Waals surface area (Å²) >= 11 is 0. The predicted molar refractivity (Wildman–Crippen MR) is 227 cm³/mol. The van der Waals surface area contributed by atoms with Crippen molar-refractivity contribution in [2.24, 2.45) is 11.8 Å². The van der Waals surface area contributed by atoms with Gasteiger partial charge in [-0.15, -0.1) is 0 Å². The Morgan fingerprint density at radius 1 is 0.569 bits per heavy atom. The second-order valence-electron chi connectivity index (χ2n) is 14.4. The number of nitrogens with one attached hydrogen (secondary N) is 1. The summed E-state index contributed by atoms with van der Waals surface area (Å²) in [6.07, 6.45) is 7.52. The fourth-order valence-electron chi connectivity index (χ4n) is 7.45. The van der Waals surface area contributed by atoms with Gasteiger partial charge in [0, 0.05) is 32.7 Å². The average Bonchev–Trinajstić information content (AvgIpc) is 3.87. The van der Waals surface area contributed by atoms with Crippen molar-refractivity contribution < 1.29 is 38.1 Å². The zero-order chi connectivity index (χ0) is 38.7. The third kappa shape index (κ3) is 12.9. The molecule has 4 unspecified atom stereocenters. The molecule has 314 valence electrons. The van der Waals surface area contributed by atoms with Crippen LogP contribution in [0.15, 0.2) is 97.4 Å². The zero-order valence-corrected chi connectivity index (χ0v) is 31.7. The number of benzene rings is 3. The lowest BCUT2D eigenvalue weighted by atomic mass is 9.92. The zero-order valence-electron chi connectivity index (χ0n) is 31.7. The standard InChI is InChI=1S/C15H18N2O2.C15H17NO3.C13H15NO3.3CH4/c1-19-12-4-2-11(3-5-12)8-17-9-14-13(6-7-16-14)15(18)10-17;1-18-12-4-2-11(3-5-12)8-16-9-14(17)13-6-7-19-15(13)10-16;1-17-13-4-2-10(3-5-13)7-14-8-11(15)6-12(16)9-14;;;/h2-7,13-14,16H,8-10H2,1H3;2-7,13,15H,8-10H2,1H3;2-5H,6-9H2,1H3;3*1H4. The van der Waals surface area contributed by atoms with E-state index in [0.29, 0.717) is 38.5 Å². The Morgan fingerprint density at radius 3 is 1.47 bits per heavy atom. The smallest absolute Gasteiger partial charge is 0.157 e. The van der Waals surface area contributed by atoms with E-state index < -0.39 is 0 Å². The molecule has 1 N–H and O–H groups in total. The van der Waals surface area contributed by atoms with Gasteiger partial charge in [0.05, 0.1) is 78.1 Å². The van der Waals surface area contributed by atoms with Gasteiger partial charge in [-0.25, -0.2) is 0 Å². The Bertz CT molecular complexity index is 1740. The maximum Gasteiger partial charge on any atom is 0.157 e. The first-order chi connectivity index (χ1) is 26.7. The second kappa shape index (κ2) is 22.6. The number of likely N-dealkylation sites (tertiary alicyclic amines) is 3. The van der Waals surface area contributed by atoms with Crippen LogP contribution in [0.1, 0.15) is 45.4 Å². The summed E-state index contributed by atoms with van der Waals surface area (Å²) in [4.78, 5) is 52.8. The first-order valence-corrected chi connectivity index (χ1v) is 18.6. The van der Waals surface area contributed by atoms with Crippen molar-refractivity contribution in [3.63, 3.8) is 0 Å². The second-order valence-corrected chi connectivity index (χ2v) is 14.4. The maximum absolute atomic E-state index is 12.0. The molecule has 0 amide bonds. The number of Topliss-reactive ketones (excluding diaryl/α,β-unsaturated/α-hetero) is 4. The molecular formula is C46H62N4O8. The number of fused-ring (bicyclic) bond motifs is 2. The SMILES string of the molecule is C.C.C.COc1ccc(CN2CC(=O)C3C=CNC3C2)cc1.COc1ccc(CN2CC(=O)C3C=COC3C2)cc1.COc1ccc(CN2CC(=O)CC(=O)C2)cc1. The summed E-state index contributed by atoms with van der Waals surface area (Å²) in [5.74, 6) is 3.13. The van der Waals surface area contributed by atoms with Crippen LogP contribution in [0.25, 0.3) is 0 Å². The van der Waals surface area contributed by atoms with E-state index in [4.69, 9.17) is 18.9 Å². The minimum Gasteiger partial charge on any atom is -0.497 e. The van der Waals surface area contributed by atoms with Crippen LogP contribution in [0.2, 0.25) is 0 Å². The molecule has 12 nitrogen and oxygen atoms in total. The normalized spacial score (nSPS) is 22.1. The van der Waals surface area contributed by atoms with Crippen molar-refractivity contribution in [1.82, 2.24) is 20.0 Å². The van der Waals surface area contributed by atoms with Crippen LogP contribution in [0.5, 0.6) is 17.2 Å². The molecule has 58 heavy (non-hydrogen) atoms. The molecule has 3 aromatic rings. The first kappa shape index (κ1) is 47.1. The number of carbonyl (C=O) groups is 4. The van der Waals surface area contributed by atoms with Gasteiger partial charge in [0.2, 0.25) is 0 Å². The van der Waals surface area contributed by atoms with Gasteiger partial charge < -0.3 is 24.3 Å². The van der Waals surface area contributed by atoms with E-state index in [1.54, 1.807) is 27.6 Å². The number of rotatable bonds is 9. The van der Waals surface area contributed by atoms with Crippen molar-refractivity contribution in [1.29, 1.82) is 0 Å². The first-order valence-electron chi connectivity index (χ1n) is 18.6. The number of ether oxygens (including phenoxy) is 4. The van der Waals surface area contributed by atoms with Crippen LogP contribution < -0.4 is 19.5 Å². The van der Waals surface area contributed by atoms with E-state index in [0.717, 1.165) is 49.0 Å².